The predicted molar refractivity (Wildman–Crippen MR) is 419 cm³/mol. The third kappa shape index (κ3) is 27.6. The highest BCUT2D eigenvalue weighted by atomic mass is 35.5. The second-order valence-electron chi connectivity index (χ2n) is 29.7. The molecule has 582 valence electrons. The summed E-state index contributed by atoms with van der Waals surface area (Å²) in [6, 6.07) is 28.6. The molecule has 6 amide bonds. The van der Waals surface area contributed by atoms with Gasteiger partial charge < -0.3 is 32.5 Å². The molecule has 0 aliphatic carbocycles. The van der Waals surface area contributed by atoms with Crippen LogP contribution in [0.25, 0.3) is 0 Å². The van der Waals surface area contributed by atoms with Crippen molar-refractivity contribution in [2.75, 3.05) is 48.7 Å². The van der Waals surface area contributed by atoms with Gasteiger partial charge in [0.2, 0.25) is 0 Å². The van der Waals surface area contributed by atoms with Crippen molar-refractivity contribution in [2.45, 2.75) is 173 Å². The third-order valence-corrected chi connectivity index (χ3v) is 17.9. The van der Waals surface area contributed by atoms with Crippen molar-refractivity contribution >= 4 is 87.7 Å². The molecule has 0 saturated heterocycles. The van der Waals surface area contributed by atoms with Gasteiger partial charge in [0.25, 0.3) is 35.4 Å². The number of hydrogen-bond acceptors (Lipinski definition) is 18. The molecule has 0 spiro atoms. The molecule has 0 bridgehead atoms. The number of nitrogens with two attached hydrogens (primary N) is 2. The lowest BCUT2D eigenvalue weighted by Crippen LogP contribution is -2.41. The first-order valence-corrected chi connectivity index (χ1v) is 37.6. The molecule has 27 heteroatoms. The van der Waals surface area contributed by atoms with E-state index < -0.39 is 23.5 Å². The largest absolute Gasteiger partial charge is 0.396 e. The Morgan fingerprint density at radius 2 is 0.694 bits per heavy atom. The highest BCUT2D eigenvalue weighted by Gasteiger charge is 2.39. The number of fused-ring (bicyclic) bond motifs is 3. The number of carbonyl (C=O) groups excluding carboxylic acids is 6. The molecule has 3 aromatic carbocycles. The fraction of sp³-hybridized carbons (Fsp3) is 0.481. The average molecular weight is 1550 g/mol. The number of carbonyl (C=O) groups is 6. The lowest BCUT2D eigenvalue weighted by atomic mass is 9.98. The molecule has 6 aromatic rings. The predicted octanol–water partition coefficient (Wildman–Crippen LogP) is 16.7. The normalized spacial score (nSPS) is 14.3. The lowest BCUT2D eigenvalue weighted by molar-refractivity contribution is 0.0616. The Bertz CT molecular complexity index is 3900. The fourth-order valence-electron chi connectivity index (χ4n) is 12.4. The monoisotopic (exact) mass is 1550 g/mol. The first-order valence-electron chi connectivity index (χ1n) is 36.4. The summed E-state index contributed by atoms with van der Waals surface area (Å²) in [7, 11) is 0. The Morgan fingerprint density at radius 1 is 0.426 bits per heavy atom. The van der Waals surface area contributed by atoms with Crippen molar-refractivity contribution in [3.63, 3.8) is 0 Å². The van der Waals surface area contributed by atoms with Crippen molar-refractivity contribution in [3.05, 3.63) is 174 Å². The minimum absolute atomic E-state index is 0.0123. The first-order chi connectivity index (χ1) is 50.9. The first kappa shape index (κ1) is 91.3. The van der Waals surface area contributed by atoms with Crippen LogP contribution in [0.1, 0.15) is 228 Å². The minimum atomic E-state index is -0.725. The Kier molecular flexibility index (Phi) is 37.6. The smallest absolute Gasteiger partial charge is 0.261 e. The zero-order valence-electron chi connectivity index (χ0n) is 64.4. The number of aliphatic hydroxyl groups excluding tert-OH is 1. The van der Waals surface area contributed by atoms with Gasteiger partial charge in [-0.25, -0.2) is 28.1 Å². The van der Waals surface area contributed by atoms with Crippen molar-refractivity contribution in [1.82, 2.24) is 29.7 Å². The van der Waals surface area contributed by atoms with Crippen LogP contribution in [-0.4, -0.2) is 127 Å². The number of anilines is 3. The molecule has 108 heavy (non-hydrogen) atoms. The number of rotatable bonds is 27. The van der Waals surface area contributed by atoms with Crippen molar-refractivity contribution in [1.29, 1.82) is 15.8 Å². The maximum atomic E-state index is 14.3. The summed E-state index contributed by atoms with van der Waals surface area (Å²) in [5, 5.41) is 43.7. The van der Waals surface area contributed by atoms with E-state index in [2.05, 4.69) is 114 Å². The van der Waals surface area contributed by atoms with Gasteiger partial charge in [0.15, 0.2) is 34.9 Å². The molecule has 9 rings (SSSR count). The summed E-state index contributed by atoms with van der Waals surface area (Å²) >= 11 is 17.5. The van der Waals surface area contributed by atoms with Gasteiger partial charge in [0.1, 0.15) is 33.7 Å². The van der Waals surface area contributed by atoms with Gasteiger partial charge in [-0.3, -0.25) is 43.5 Å². The van der Waals surface area contributed by atoms with Crippen molar-refractivity contribution < 1.29 is 47.0 Å². The highest BCUT2D eigenvalue weighted by molar-refractivity contribution is 6.31. The van der Waals surface area contributed by atoms with Crippen LogP contribution in [0.15, 0.2) is 91.0 Å². The van der Waals surface area contributed by atoms with Crippen molar-refractivity contribution in [2.24, 2.45) is 58.8 Å². The van der Waals surface area contributed by atoms with Gasteiger partial charge in [-0.2, -0.15) is 15.8 Å². The number of nitrogens with zero attached hydrogens (tertiary/aromatic N) is 9. The van der Waals surface area contributed by atoms with E-state index >= 15 is 0 Å². The zero-order valence-corrected chi connectivity index (χ0v) is 66.7. The van der Waals surface area contributed by atoms with Crippen LogP contribution in [0.5, 0.6) is 0 Å². The molecular weight excluding hydrogens is 1440 g/mol. The van der Waals surface area contributed by atoms with E-state index in [0.29, 0.717) is 102 Å². The molecule has 3 aliphatic heterocycles. The van der Waals surface area contributed by atoms with Crippen LogP contribution in [-0.2, 0) is 0 Å². The second kappa shape index (κ2) is 44.4. The molecule has 0 radical (unpaired) electrons. The van der Waals surface area contributed by atoms with E-state index in [1.165, 1.54) is 9.80 Å². The molecule has 3 aromatic heterocycles. The SMILES string of the molecule is CC(C)C[C@@H](C)CN1C(=O)c2ccccc2C1=O.CC(C)C[C@@H](C)CO.CC(C)C[C@@H](N)CN1C(=O)c2ccccc2C1=O.CC(C)C[C@H](CN)Nc1nc(Cl)c(C#N)cc1F.CC(C)C[C@H](CN1C(=O)c2ccccc2C1=O)Nc1nc(Cl)c(C#N)cc1F.CC[C@@H](CC(C)C)Nc1nc(Cl)c(C#N)cc1F. The molecule has 0 unspecified atom stereocenters. The number of nitriles is 3. The Labute approximate surface area is 649 Å². The van der Waals surface area contributed by atoms with Crippen LogP contribution >= 0.6 is 34.8 Å². The fourth-order valence-corrected chi connectivity index (χ4v) is 12.9. The van der Waals surface area contributed by atoms with E-state index in [4.69, 9.17) is 67.2 Å². The number of hydrogen-bond donors (Lipinski definition) is 6. The van der Waals surface area contributed by atoms with E-state index in [1.807, 2.05) is 20.8 Å². The number of aromatic nitrogens is 3. The zero-order chi connectivity index (χ0) is 81.0. The van der Waals surface area contributed by atoms with Crippen LogP contribution in [0.2, 0.25) is 15.5 Å². The van der Waals surface area contributed by atoms with Gasteiger partial charge in [0, 0.05) is 57.0 Å². The third-order valence-electron chi connectivity index (χ3n) is 17.0. The molecule has 0 fully saturated rings. The molecule has 6 heterocycles. The van der Waals surface area contributed by atoms with Gasteiger partial charge in [0.05, 0.1) is 50.1 Å². The lowest BCUT2D eigenvalue weighted by Gasteiger charge is -2.25. The maximum absolute atomic E-state index is 14.3. The average Bonchev–Trinajstić information content (AvgIpc) is 1.64. The van der Waals surface area contributed by atoms with Gasteiger partial charge in [-0.05, 0) is 147 Å². The summed E-state index contributed by atoms with van der Waals surface area (Å²) in [4.78, 5) is 89.1. The van der Waals surface area contributed by atoms with Gasteiger partial charge in [-0.1, -0.05) is 175 Å². The van der Waals surface area contributed by atoms with E-state index in [9.17, 15) is 41.9 Å². The van der Waals surface area contributed by atoms with E-state index in [1.54, 1.807) is 91.0 Å². The standard InChI is InChI=1S/C20H18ClFN4O2.C15H19NO2.C14H18N2O2.C13H17ClFN3.C12H16ClFN4.C7H16O/c1-11(2)7-13(24-18-16(22)8-12(9-23)17(21)25-18)10-26-19(27)14-5-3-4-6-15(14)20(26)28;1-10(2)8-11(3)9-16-14(17)12-6-4-5-7-13(12)15(16)18;1-9(2)7-10(15)8-16-13(17)11-5-3-4-6-12(11)14(16)18;1-4-10(5-8(2)3)17-13-11(15)6-9(7-16)12(14)18-13;1-7(2)3-9(6-16)17-12-10(14)4-8(5-15)11(13)18-12;1-6(2)4-7(3)5-8/h3-6,8,11,13H,7,10H2,1-2H3,(H,24,25);4-7,10-11H,8-9H2,1-3H3;3-6,9-10H,7-8,15H2,1-2H3;6,8,10H,4-5H2,1-3H3,(H,17,18);4,7,9H,3,6,16H2,1-2H3,(H,17,18);6-8H,4-5H2,1-3H3/t13-;11-;2*10-;9-;7-/m111011/s1. The summed E-state index contributed by atoms with van der Waals surface area (Å²) < 4.78 is 41.7. The number of imide groups is 3. The number of aliphatic hydroxyl groups is 1. The molecular formula is C81H104Cl3F3N14O7. The number of amides is 6. The topological polar surface area (TPSA) is 331 Å². The number of pyridine rings is 3. The van der Waals surface area contributed by atoms with Crippen LogP contribution in [0.3, 0.4) is 0 Å². The summed E-state index contributed by atoms with van der Waals surface area (Å²) in [6.07, 6.45) is 6.12. The number of benzene rings is 3. The number of nitrogens with one attached hydrogen (secondary N) is 3. The molecule has 21 nitrogen and oxygen atoms in total. The summed E-state index contributed by atoms with van der Waals surface area (Å²) in [5.41, 5.74) is 14.4. The highest BCUT2D eigenvalue weighted by Crippen LogP contribution is 2.30. The number of halogens is 6. The van der Waals surface area contributed by atoms with Crippen LogP contribution in [0, 0.1) is 98.8 Å². The quantitative estimate of drug-likeness (QED) is 0.0206. The Morgan fingerprint density at radius 3 is 0.972 bits per heavy atom. The minimum Gasteiger partial charge on any atom is -0.396 e. The summed E-state index contributed by atoms with van der Waals surface area (Å²) in [6.45, 7) is 32.8. The summed E-state index contributed by atoms with van der Waals surface area (Å²) in [5.74, 6) is 0.407. The molecule has 8 N–H and O–H groups in total. The second-order valence-corrected chi connectivity index (χ2v) is 30.8. The van der Waals surface area contributed by atoms with Crippen LogP contribution in [0.4, 0.5) is 30.6 Å². The van der Waals surface area contributed by atoms with Gasteiger partial charge >= 0.3 is 0 Å². The van der Waals surface area contributed by atoms with Crippen LogP contribution < -0.4 is 27.4 Å². The van der Waals surface area contributed by atoms with Crippen molar-refractivity contribution in [3.8, 4) is 18.2 Å². The maximum Gasteiger partial charge on any atom is 0.261 e. The Balaban J connectivity index is 0.000000281. The Hall–Kier alpha value is -9.06. The van der Waals surface area contributed by atoms with E-state index in [0.717, 1.165) is 67.5 Å². The molecule has 6 atom stereocenters. The van der Waals surface area contributed by atoms with Gasteiger partial charge in [-0.15, -0.1) is 0 Å². The molecule has 3 aliphatic rings. The molecule has 0 saturated carbocycles. The van der Waals surface area contributed by atoms with E-state index in [-0.39, 0.29) is 116 Å².